The van der Waals surface area contributed by atoms with E-state index in [0.29, 0.717) is 12.0 Å². The Balaban J connectivity index is 1.62. The smallest absolute Gasteiger partial charge is 0.0948 e. The van der Waals surface area contributed by atoms with E-state index in [4.69, 9.17) is 0 Å². The number of imidazole rings is 1. The van der Waals surface area contributed by atoms with Gasteiger partial charge >= 0.3 is 0 Å². The van der Waals surface area contributed by atoms with Crippen molar-refractivity contribution in [3.8, 4) is 0 Å². The van der Waals surface area contributed by atoms with Crippen LogP contribution in [0.4, 0.5) is 0 Å². The van der Waals surface area contributed by atoms with Crippen LogP contribution in [0.2, 0.25) is 0 Å². The van der Waals surface area contributed by atoms with E-state index in [-0.39, 0.29) is 0 Å². The van der Waals surface area contributed by atoms with Crippen molar-refractivity contribution in [3.05, 3.63) is 54.6 Å². The summed E-state index contributed by atoms with van der Waals surface area (Å²) in [6.07, 6.45) is 53.2. The number of hydrogen-bond donors (Lipinski definition) is 0. The molecule has 1 aromatic heterocycles. The van der Waals surface area contributed by atoms with E-state index in [1.54, 1.807) is 0 Å². The van der Waals surface area contributed by atoms with E-state index in [0.717, 1.165) is 0 Å². The van der Waals surface area contributed by atoms with Crippen LogP contribution in [-0.2, 0) is 6.42 Å². The lowest BCUT2D eigenvalue weighted by Crippen LogP contribution is -2.21. The zero-order valence-corrected chi connectivity index (χ0v) is 32.5. The Bertz CT molecular complexity index is 875. The molecule has 2 atom stereocenters. The van der Waals surface area contributed by atoms with Crippen molar-refractivity contribution < 1.29 is 0 Å². The molecule has 1 aromatic carbocycles. The Morgan fingerprint density at radius 3 is 1.21 bits per heavy atom. The fourth-order valence-corrected chi connectivity index (χ4v) is 7.94. The topological polar surface area (TPSA) is 17.8 Å². The Hall–Kier alpha value is -1.57. The summed E-state index contributed by atoms with van der Waals surface area (Å²) in [5.74, 6) is 0.690. The van der Waals surface area contributed by atoms with E-state index >= 15 is 0 Å². The first-order chi connectivity index (χ1) is 23.8. The molecule has 0 saturated heterocycles. The first kappa shape index (κ1) is 42.6. The molecule has 0 radical (unpaired) electrons. The molecule has 0 spiro atoms. The van der Waals surface area contributed by atoms with Gasteiger partial charge in [-0.3, -0.25) is 0 Å². The minimum absolute atomic E-state index is 0.571. The van der Waals surface area contributed by atoms with E-state index in [2.05, 4.69) is 66.3 Å². The fourth-order valence-electron chi connectivity index (χ4n) is 7.94. The third-order valence-corrected chi connectivity index (χ3v) is 11.1. The van der Waals surface area contributed by atoms with Crippen molar-refractivity contribution in [2.24, 2.45) is 5.92 Å². The highest BCUT2D eigenvalue weighted by Crippen LogP contribution is 2.32. The van der Waals surface area contributed by atoms with E-state index < -0.39 is 0 Å². The van der Waals surface area contributed by atoms with Crippen molar-refractivity contribution in [1.29, 1.82) is 0 Å². The molecule has 0 aliphatic carbocycles. The number of rotatable bonds is 36. The van der Waals surface area contributed by atoms with Crippen LogP contribution >= 0.6 is 0 Å². The number of benzene rings is 1. The molecule has 1 heterocycles. The Labute approximate surface area is 301 Å². The molecule has 0 amide bonds. The van der Waals surface area contributed by atoms with Crippen molar-refractivity contribution in [2.45, 2.75) is 232 Å². The molecule has 0 bridgehead atoms. The maximum atomic E-state index is 4.49. The largest absolute Gasteiger partial charge is 0.334 e. The zero-order valence-electron chi connectivity index (χ0n) is 32.5. The summed E-state index contributed by atoms with van der Waals surface area (Å²) in [5.41, 5.74) is 1.50. The summed E-state index contributed by atoms with van der Waals surface area (Å²) in [6, 6.07) is 11.9. The Morgan fingerprint density at radius 1 is 0.458 bits per heavy atom. The van der Waals surface area contributed by atoms with Crippen LogP contribution < -0.4 is 0 Å². The van der Waals surface area contributed by atoms with Gasteiger partial charge in [0.25, 0.3) is 0 Å². The average molecular weight is 663 g/mol. The van der Waals surface area contributed by atoms with Gasteiger partial charge in [-0.15, -0.1) is 0 Å². The molecular formula is C46H82N2. The molecule has 0 aliphatic rings. The lowest BCUT2D eigenvalue weighted by Gasteiger charge is -2.29. The van der Waals surface area contributed by atoms with Gasteiger partial charge < -0.3 is 4.57 Å². The first-order valence-electron chi connectivity index (χ1n) is 21.9. The van der Waals surface area contributed by atoms with Crippen LogP contribution in [0.25, 0.3) is 0 Å². The minimum Gasteiger partial charge on any atom is -0.334 e. The normalized spacial score (nSPS) is 12.9. The molecule has 2 unspecified atom stereocenters. The highest BCUT2D eigenvalue weighted by Gasteiger charge is 2.23. The van der Waals surface area contributed by atoms with Gasteiger partial charge in [-0.25, -0.2) is 4.98 Å². The van der Waals surface area contributed by atoms with Crippen LogP contribution in [-0.4, -0.2) is 9.55 Å². The standard InChI is InChI=1S/C46H82N2/c1-3-5-7-9-11-13-15-17-19-20-21-23-25-27-29-34-38-45(42-44-36-32-31-33-37-44)46(48-41-40-47-43-48)39-35-30-28-26-24-22-18-16-14-12-10-8-6-4-2/h31-33,36-37,40-41,43,45-46H,3-30,34-35,38-39,42H2,1-2H3. The lowest BCUT2D eigenvalue weighted by atomic mass is 9.84. The Morgan fingerprint density at radius 2 is 0.833 bits per heavy atom. The third kappa shape index (κ3) is 23.7. The highest BCUT2D eigenvalue weighted by molar-refractivity contribution is 5.15. The second kappa shape index (κ2) is 32.6. The highest BCUT2D eigenvalue weighted by atomic mass is 15.1. The summed E-state index contributed by atoms with van der Waals surface area (Å²) in [4.78, 5) is 4.49. The van der Waals surface area contributed by atoms with Gasteiger partial charge in [0.15, 0.2) is 0 Å². The van der Waals surface area contributed by atoms with Gasteiger partial charge in [-0.1, -0.05) is 237 Å². The quantitative estimate of drug-likeness (QED) is 0.0664. The van der Waals surface area contributed by atoms with Gasteiger partial charge in [0.05, 0.1) is 6.33 Å². The predicted octanol–water partition coefficient (Wildman–Crippen LogP) is 15.8. The molecule has 48 heavy (non-hydrogen) atoms. The van der Waals surface area contributed by atoms with Gasteiger partial charge in [-0.2, -0.15) is 0 Å². The monoisotopic (exact) mass is 663 g/mol. The number of hydrogen-bond acceptors (Lipinski definition) is 1. The minimum atomic E-state index is 0.571. The van der Waals surface area contributed by atoms with E-state index in [1.807, 2.05) is 6.20 Å². The molecule has 2 rings (SSSR count). The van der Waals surface area contributed by atoms with E-state index in [9.17, 15) is 0 Å². The summed E-state index contributed by atoms with van der Waals surface area (Å²) in [6.45, 7) is 4.62. The fraction of sp³-hybridized carbons (Fsp3) is 0.804. The molecule has 2 nitrogen and oxygen atoms in total. The molecule has 0 N–H and O–H groups in total. The summed E-state index contributed by atoms with van der Waals surface area (Å²) in [7, 11) is 0. The molecule has 0 saturated carbocycles. The van der Waals surface area contributed by atoms with Crippen LogP contribution in [0, 0.1) is 5.92 Å². The third-order valence-electron chi connectivity index (χ3n) is 11.1. The molecule has 0 fully saturated rings. The SMILES string of the molecule is CCCCCCCCCCCCCCCCCCC(Cc1ccccc1)C(CCCCCCCCCCCCCCCC)n1ccnc1. The van der Waals surface area contributed by atoms with Crippen molar-refractivity contribution in [1.82, 2.24) is 9.55 Å². The first-order valence-corrected chi connectivity index (χ1v) is 21.9. The Kier molecular flexibility index (Phi) is 29.0. The predicted molar refractivity (Wildman–Crippen MR) is 214 cm³/mol. The maximum absolute atomic E-state index is 4.49. The van der Waals surface area contributed by atoms with Crippen LogP contribution in [0.15, 0.2) is 49.1 Å². The zero-order chi connectivity index (χ0) is 34.0. The summed E-state index contributed by atoms with van der Waals surface area (Å²) < 4.78 is 2.46. The number of nitrogens with zero attached hydrogens (tertiary/aromatic N) is 2. The second-order valence-electron chi connectivity index (χ2n) is 15.5. The molecule has 2 heteroatoms. The molecule has 276 valence electrons. The van der Waals surface area contributed by atoms with Crippen molar-refractivity contribution in [2.75, 3.05) is 0 Å². The average Bonchev–Trinajstić information content (AvgIpc) is 3.65. The van der Waals surface area contributed by atoms with Gasteiger partial charge in [0.2, 0.25) is 0 Å². The lowest BCUT2D eigenvalue weighted by molar-refractivity contribution is 0.275. The van der Waals surface area contributed by atoms with Gasteiger partial charge in [-0.05, 0) is 30.7 Å². The molecule has 0 aliphatic heterocycles. The summed E-state index contributed by atoms with van der Waals surface area (Å²) >= 11 is 0. The number of aromatic nitrogens is 2. The van der Waals surface area contributed by atoms with Gasteiger partial charge in [0, 0.05) is 18.4 Å². The second-order valence-corrected chi connectivity index (χ2v) is 15.5. The molecular weight excluding hydrogens is 581 g/mol. The van der Waals surface area contributed by atoms with Crippen molar-refractivity contribution in [3.63, 3.8) is 0 Å². The van der Waals surface area contributed by atoms with Crippen molar-refractivity contribution >= 4 is 0 Å². The van der Waals surface area contributed by atoms with Crippen LogP contribution in [0.3, 0.4) is 0 Å². The van der Waals surface area contributed by atoms with Gasteiger partial charge in [0.1, 0.15) is 0 Å². The van der Waals surface area contributed by atoms with Crippen LogP contribution in [0.1, 0.15) is 231 Å². The maximum Gasteiger partial charge on any atom is 0.0948 e. The number of unbranched alkanes of at least 4 members (excludes halogenated alkanes) is 28. The van der Waals surface area contributed by atoms with E-state index in [1.165, 1.54) is 217 Å². The summed E-state index contributed by atoms with van der Waals surface area (Å²) in [5, 5.41) is 0. The molecule has 2 aromatic rings. The van der Waals surface area contributed by atoms with Crippen LogP contribution in [0.5, 0.6) is 0 Å².